The fourth-order valence-corrected chi connectivity index (χ4v) is 3.52. The van der Waals surface area contributed by atoms with Gasteiger partial charge in [0.2, 0.25) is 0 Å². The second-order valence-corrected chi connectivity index (χ2v) is 6.80. The third-order valence-corrected chi connectivity index (χ3v) is 4.98. The summed E-state index contributed by atoms with van der Waals surface area (Å²) >= 11 is 0. The van der Waals surface area contributed by atoms with Crippen LogP contribution in [0.15, 0.2) is 11.6 Å². The molecule has 0 aromatic heterocycles. The van der Waals surface area contributed by atoms with Gasteiger partial charge in [-0.25, -0.2) is 0 Å². The molecule has 4 heteroatoms. The standard InChI is InChI=1S/C19H33NO2.ClH/c1-2-3-4-5-6-7-8-9-17-10-11-18(19(17)21)16-20-12-14-22-15-13-20;/h9,18H,2-8,10-16H2,1H3;1H. The highest BCUT2D eigenvalue weighted by molar-refractivity contribution is 5.99. The first kappa shape index (κ1) is 20.7. The van der Waals surface area contributed by atoms with Crippen molar-refractivity contribution >= 4 is 18.2 Å². The molecule has 134 valence electrons. The molecule has 0 bridgehead atoms. The number of ether oxygens (including phenoxy) is 1. The van der Waals surface area contributed by atoms with Crippen molar-refractivity contribution in [2.75, 3.05) is 32.8 Å². The molecule has 1 atom stereocenters. The topological polar surface area (TPSA) is 29.5 Å². The number of unbranched alkanes of at least 4 members (excludes halogenated alkanes) is 6. The lowest BCUT2D eigenvalue weighted by Crippen LogP contribution is -2.40. The minimum Gasteiger partial charge on any atom is -0.379 e. The van der Waals surface area contributed by atoms with Crippen LogP contribution in [-0.4, -0.2) is 43.5 Å². The summed E-state index contributed by atoms with van der Waals surface area (Å²) in [6.45, 7) is 6.81. The highest BCUT2D eigenvalue weighted by Gasteiger charge is 2.30. The van der Waals surface area contributed by atoms with Gasteiger partial charge in [-0.3, -0.25) is 9.69 Å². The van der Waals surface area contributed by atoms with Gasteiger partial charge in [0.05, 0.1) is 13.2 Å². The summed E-state index contributed by atoms with van der Waals surface area (Å²) in [4.78, 5) is 14.8. The predicted molar refractivity (Wildman–Crippen MR) is 98.3 cm³/mol. The number of carbonyl (C=O) groups is 1. The van der Waals surface area contributed by atoms with Gasteiger partial charge in [-0.15, -0.1) is 12.4 Å². The molecule has 23 heavy (non-hydrogen) atoms. The Morgan fingerprint density at radius 2 is 1.83 bits per heavy atom. The van der Waals surface area contributed by atoms with Crippen LogP contribution in [0, 0.1) is 5.92 Å². The summed E-state index contributed by atoms with van der Waals surface area (Å²) in [7, 11) is 0. The lowest BCUT2D eigenvalue weighted by molar-refractivity contribution is -0.118. The zero-order valence-electron chi connectivity index (χ0n) is 14.7. The van der Waals surface area contributed by atoms with Crippen molar-refractivity contribution in [2.45, 2.75) is 64.7 Å². The third kappa shape index (κ3) is 7.36. The number of hydrogen-bond donors (Lipinski definition) is 0. The van der Waals surface area contributed by atoms with Gasteiger partial charge in [-0.2, -0.15) is 0 Å². The van der Waals surface area contributed by atoms with E-state index in [4.69, 9.17) is 4.74 Å². The Morgan fingerprint density at radius 3 is 2.57 bits per heavy atom. The van der Waals surface area contributed by atoms with Gasteiger partial charge >= 0.3 is 0 Å². The van der Waals surface area contributed by atoms with Crippen molar-refractivity contribution < 1.29 is 9.53 Å². The maximum atomic E-state index is 12.5. The van der Waals surface area contributed by atoms with E-state index in [1.807, 2.05) is 0 Å². The first-order chi connectivity index (χ1) is 10.8. The Morgan fingerprint density at radius 1 is 1.13 bits per heavy atom. The highest BCUT2D eigenvalue weighted by atomic mass is 35.5. The molecule has 0 amide bonds. The average Bonchev–Trinajstić information content (AvgIpc) is 2.88. The van der Waals surface area contributed by atoms with Crippen molar-refractivity contribution in [1.29, 1.82) is 0 Å². The number of halogens is 1. The summed E-state index contributed by atoms with van der Waals surface area (Å²) in [5.74, 6) is 0.673. The van der Waals surface area contributed by atoms with Crippen LogP contribution in [-0.2, 0) is 9.53 Å². The van der Waals surface area contributed by atoms with Crippen molar-refractivity contribution in [3.63, 3.8) is 0 Å². The molecule has 1 unspecified atom stereocenters. The number of nitrogens with zero attached hydrogens (tertiary/aromatic N) is 1. The van der Waals surface area contributed by atoms with E-state index in [1.165, 1.54) is 38.5 Å². The van der Waals surface area contributed by atoms with E-state index >= 15 is 0 Å². The van der Waals surface area contributed by atoms with Crippen molar-refractivity contribution in [1.82, 2.24) is 4.90 Å². The number of rotatable bonds is 9. The van der Waals surface area contributed by atoms with E-state index in [9.17, 15) is 4.79 Å². The van der Waals surface area contributed by atoms with E-state index in [0.717, 1.165) is 57.7 Å². The summed E-state index contributed by atoms with van der Waals surface area (Å²) in [5.41, 5.74) is 1.12. The molecule has 0 aromatic rings. The molecule has 3 nitrogen and oxygen atoms in total. The van der Waals surface area contributed by atoms with Crippen LogP contribution in [0.1, 0.15) is 64.7 Å². The van der Waals surface area contributed by atoms with Gasteiger partial charge in [0, 0.05) is 25.6 Å². The quantitative estimate of drug-likeness (QED) is 0.459. The fraction of sp³-hybridized carbons (Fsp3) is 0.842. The minimum atomic E-state index is 0. The zero-order valence-corrected chi connectivity index (χ0v) is 15.5. The van der Waals surface area contributed by atoms with E-state index in [1.54, 1.807) is 0 Å². The molecule has 2 aliphatic rings. The molecule has 2 fully saturated rings. The molecule has 1 heterocycles. The first-order valence-corrected chi connectivity index (χ1v) is 9.34. The van der Waals surface area contributed by atoms with Crippen LogP contribution in [0.5, 0.6) is 0 Å². The molecular formula is C19H34ClNO2. The Kier molecular flexibility index (Phi) is 10.8. The largest absolute Gasteiger partial charge is 0.379 e. The number of allylic oxidation sites excluding steroid dienone is 2. The molecule has 1 aliphatic carbocycles. The summed E-state index contributed by atoms with van der Waals surface area (Å²) in [6, 6.07) is 0. The minimum absolute atomic E-state index is 0. The smallest absolute Gasteiger partial charge is 0.162 e. The number of ketones is 1. The summed E-state index contributed by atoms with van der Waals surface area (Å²) in [6.07, 6.45) is 13.3. The Balaban J connectivity index is 0.00000264. The molecule has 2 rings (SSSR count). The molecule has 0 N–H and O–H groups in total. The second-order valence-electron chi connectivity index (χ2n) is 6.80. The molecule has 0 radical (unpaired) electrons. The normalized spacial score (nSPS) is 24.1. The monoisotopic (exact) mass is 343 g/mol. The van der Waals surface area contributed by atoms with E-state index in [2.05, 4.69) is 17.9 Å². The van der Waals surface area contributed by atoms with Gasteiger partial charge in [0.15, 0.2) is 5.78 Å². The van der Waals surface area contributed by atoms with E-state index in [0.29, 0.717) is 5.78 Å². The summed E-state index contributed by atoms with van der Waals surface area (Å²) < 4.78 is 5.37. The molecule has 0 spiro atoms. The number of morpholine rings is 1. The van der Waals surface area contributed by atoms with Crippen LogP contribution in [0.2, 0.25) is 0 Å². The highest BCUT2D eigenvalue weighted by Crippen LogP contribution is 2.28. The Labute approximate surface area is 148 Å². The number of hydrogen-bond acceptors (Lipinski definition) is 3. The van der Waals surface area contributed by atoms with Crippen molar-refractivity contribution in [2.24, 2.45) is 5.92 Å². The van der Waals surface area contributed by atoms with E-state index in [-0.39, 0.29) is 18.3 Å². The summed E-state index contributed by atoms with van der Waals surface area (Å²) in [5, 5.41) is 0. The maximum Gasteiger partial charge on any atom is 0.162 e. The van der Waals surface area contributed by atoms with Crippen LogP contribution in [0.3, 0.4) is 0 Å². The van der Waals surface area contributed by atoms with Crippen LogP contribution >= 0.6 is 12.4 Å². The van der Waals surface area contributed by atoms with Crippen molar-refractivity contribution in [3.05, 3.63) is 11.6 Å². The van der Waals surface area contributed by atoms with Gasteiger partial charge in [0.25, 0.3) is 0 Å². The molecule has 1 saturated heterocycles. The van der Waals surface area contributed by atoms with E-state index < -0.39 is 0 Å². The van der Waals surface area contributed by atoms with Gasteiger partial charge < -0.3 is 4.74 Å². The lowest BCUT2D eigenvalue weighted by Gasteiger charge is -2.28. The van der Waals surface area contributed by atoms with Gasteiger partial charge in [-0.1, -0.05) is 45.1 Å². The zero-order chi connectivity index (χ0) is 15.6. The van der Waals surface area contributed by atoms with Crippen molar-refractivity contribution in [3.8, 4) is 0 Å². The molecule has 0 aromatic carbocycles. The van der Waals surface area contributed by atoms with Gasteiger partial charge in [-0.05, 0) is 31.3 Å². The lowest BCUT2D eigenvalue weighted by atomic mass is 10.0. The second kappa shape index (κ2) is 12.0. The predicted octanol–water partition coefficient (Wildman–Crippen LogP) is 4.40. The molecule has 1 saturated carbocycles. The van der Waals surface area contributed by atoms with Gasteiger partial charge in [0.1, 0.15) is 0 Å². The SMILES string of the molecule is CCCCCCCCC=C1CCC(CN2CCOCC2)C1=O.Cl. The number of carbonyl (C=O) groups excluding carboxylic acids is 1. The molecular weight excluding hydrogens is 310 g/mol. The third-order valence-electron chi connectivity index (χ3n) is 4.98. The maximum absolute atomic E-state index is 12.5. The average molecular weight is 344 g/mol. The fourth-order valence-electron chi connectivity index (χ4n) is 3.52. The Hall–Kier alpha value is -0.380. The van der Waals surface area contributed by atoms with Crippen LogP contribution in [0.25, 0.3) is 0 Å². The van der Waals surface area contributed by atoms with Crippen LogP contribution < -0.4 is 0 Å². The number of Topliss-reactive ketones (excluding diaryl/α,β-unsaturated/α-hetero) is 1. The Bertz CT molecular complexity index is 364. The molecule has 1 aliphatic heterocycles. The first-order valence-electron chi connectivity index (χ1n) is 9.34. The van der Waals surface area contributed by atoms with Crippen LogP contribution in [0.4, 0.5) is 0 Å².